The summed E-state index contributed by atoms with van der Waals surface area (Å²) in [4.78, 5) is 0.322. The highest BCUT2D eigenvalue weighted by atomic mass is 32.2. The molecule has 0 unspecified atom stereocenters. The van der Waals surface area contributed by atoms with E-state index in [0.717, 1.165) is 24.1 Å². The summed E-state index contributed by atoms with van der Waals surface area (Å²) in [5, 5.41) is 4.17. The fourth-order valence-corrected chi connectivity index (χ4v) is 3.35. The normalized spacial score (nSPS) is 11.7. The second-order valence-electron chi connectivity index (χ2n) is 5.34. The second kappa shape index (κ2) is 7.56. The number of benzene rings is 1. The van der Waals surface area contributed by atoms with Gasteiger partial charge in [-0.25, -0.2) is 13.1 Å². The topological polar surface area (TPSA) is 64.0 Å². The molecule has 0 amide bonds. The Bertz CT molecular complexity index is 690. The molecule has 2 aromatic rings. The first kappa shape index (κ1) is 16.7. The SMILES string of the molecule is CCCc1ccc(S(=O)(=O)NCCCn2nccc2C)cc1. The minimum absolute atomic E-state index is 0.322. The Kier molecular flexibility index (Phi) is 5.74. The zero-order valence-electron chi connectivity index (χ0n) is 13.1. The molecule has 0 radical (unpaired) electrons. The van der Waals surface area contributed by atoms with Crippen LogP contribution in [0.4, 0.5) is 0 Å². The predicted octanol–water partition coefficient (Wildman–Crippen LogP) is 2.51. The summed E-state index contributed by atoms with van der Waals surface area (Å²) >= 11 is 0. The number of aromatic nitrogens is 2. The molecule has 0 saturated carbocycles. The molecular weight excluding hydrogens is 298 g/mol. The Labute approximate surface area is 132 Å². The summed E-state index contributed by atoms with van der Waals surface area (Å²) in [5.74, 6) is 0. The smallest absolute Gasteiger partial charge is 0.240 e. The third kappa shape index (κ3) is 4.42. The van der Waals surface area contributed by atoms with E-state index in [1.807, 2.05) is 29.8 Å². The van der Waals surface area contributed by atoms with Crippen LogP contribution in [0.5, 0.6) is 0 Å². The molecule has 6 heteroatoms. The van der Waals surface area contributed by atoms with Crippen LogP contribution < -0.4 is 4.72 Å². The number of sulfonamides is 1. The van der Waals surface area contributed by atoms with Crippen LogP contribution in [0.15, 0.2) is 41.4 Å². The standard InChI is InChI=1S/C16H23N3O2S/c1-3-5-15-6-8-16(9-7-15)22(20,21)18-11-4-13-19-14(2)10-12-17-19/h6-10,12,18H,3-5,11,13H2,1-2H3. The minimum Gasteiger partial charge on any atom is -0.270 e. The second-order valence-corrected chi connectivity index (χ2v) is 7.11. The fourth-order valence-electron chi connectivity index (χ4n) is 2.28. The van der Waals surface area contributed by atoms with E-state index in [-0.39, 0.29) is 0 Å². The third-order valence-corrected chi connectivity index (χ3v) is 5.02. The van der Waals surface area contributed by atoms with Gasteiger partial charge < -0.3 is 0 Å². The van der Waals surface area contributed by atoms with Gasteiger partial charge in [0.25, 0.3) is 0 Å². The van der Waals surface area contributed by atoms with Crippen molar-refractivity contribution < 1.29 is 8.42 Å². The molecule has 0 atom stereocenters. The Morgan fingerprint density at radius 2 is 1.91 bits per heavy atom. The van der Waals surface area contributed by atoms with Crippen molar-refractivity contribution in [2.45, 2.75) is 44.6 Å². The van der Waals surface area contributed by atoms with Gasteiger partial charge >= 0.3 is 0 Å². The lowest BCUT2D eigenvalue weighted by molar-refractivity contribution is 0.546. The molecule has 0 aliphatic heterocycles. The van der Waals surface area contributed by atoms with E-state index in [0.29, 0.717) is 24.4 Å². The van der Waals surface area contributed by atoms with Crippen molar-refractivity contribution in [3.05, 3.63) is 47.8 Å². The monoisotopic (exact) mass is 321 g/mol. The van der Waals surface area contributed by atoms with Gasteiger partial charge in [0.2, 0.25) is 10.0 Å². The molecule has 1 N–H and O–H groups in total. The van der Waals surface area contributed by atoms with E-state index >= 15 is 0 Å². The van der Waals surface area contributed by atoms with E-state index in [1.165, 1.54) is 0 Å². The number of nitrogens with zero attached hydrogens (tertiary/aromatic N) is 2. The summed E-state index contributed by atoms with van der Waals surface area (Å²) in [6.45, 7) is 5.19. The van der Waals surface area contributed by atoms with Crippen LogP contribution in [0, 0.1) is 6.92 Å². The lowest BCUT2D eigenvalue weighted by Crippen LogP contribution is -2.25. The van der Waals surface area contributed by atoms with Crippen LogP contribution in [0.3, 0.4) is 0 Å². The Hall–Kier alpha value is -1.66. The molecule has 0 bridgehead atoms. The van der Waals surface area contributed by atoms with Crippen molar-refractivity contribution >= 4 is 10.0 Å². The van der Waals surface area contributed by atoms with Gasteiger partial charge in [-0.15, -0.1) is 0 Å². The van der Waals surface area contributed by atoms with Gasteiger partial charge in [0.1, 0.15) is 0 Å². The number of hydrogen-bond acceptors (Lipinski definition) is 3. The lowest BCUT2D eigenvalue weighted by Gasteiger charge is -2.08. The highest BCUT2D eigenvalue weighted by Gasteiger charge is 2.12. The maximum atomic E-state index is 12.2. The van der Waals surface area contributed by atoms with Crippen LogP contribution in [0.2, 0.25) is 0 Å². The van der Waals surface area contributed by atoms with Gasteiger partial charge in [0.05, 0.1) is 4.90 Å². The predicted molar refractivity (Wildman–Crippen MR) is 87.2 cm³/mol. The van der Waals surface area contributed by atoms with Crippen molar-refractivity contribution in [3.63, 3.8) is 0 Å². The van der Waals surface area contributed by atoms with E-state index in [4.69, 9.17) is 0 Å². The van der Waals surface area contributed by atoms with Gasteiger partial charge in [-0.05, 0) is 43.5 Å². The molecule has 120 valence electrons. The third-order valence-electron chi connectivity index (χ3n) is 3.54. The molecule has 0 fully saturated rings. The van der Waals surface area contributed by atoms with Crippen LogP contribution in [0.1, 0.15) is 31.0 Å². The van der Waals surface area contributed by atoms with Crippen LogP contribution >= 0.6 is 0 Å². The van der Waals surface area contributed by atoms with Gasteiger partial charge in [0.15, 0.2) is 0 Å². The maximum absolute atomic E-state index is 12.2. The summed E-state index contributed by atoms with van der Waals surface area (Å²) in [6.07, 6.45) is 4.47. The first-order valence-electron chi connectivity index (χ1n) is 7.60. The molecule has 0 aliphatic carbocycles. The van der Waals surface area contributed by atoms with E-state index < -0.39 is 10.0 Å². The highest BCUT2D eigenvalue weighted by Crippen LogP contribution is 2.11. The van der Waals surface area contributed by atoms with Crippen LogP contribution in [-0.2, 0) is 23.0 Å². The first-order valence-corrected chi connectivity index (χ1v) is 9.08. The summed E-state index contributed by atoms with van der Waals surface area (Å²) < 4.78 is 28.9. The molecule has 22 heavy (non-hydrogen) atoms. The maximum Gasteiger partial charge on any atom is 0.240 e. The zero-order chi connectivity index (χ0) is 16.0. The van der Waals surface area contributed by atoms with Gasteiger partial charge in [-0.3, -0.25) is 4.68 Å². The number of rotatable bonds is 8. The number of aryl methyl sites for hydroxylation is 3. The molecule has 0 saturated heterocycles. The van der Waals surface area contributed by atoms with Crippen molar-refractivity contribution in [1.82, 2.24) is 14.5 Å². The molecular formula is C16H23N3O2S. The minimum atomic E-state index is -3.42. The van der Waals surface area contributed by atoms with Gasteiger partial charge in [-0.2, -0.15) is 5.10 Å². The first-order chi connectivity index (χ1) is 10.5. The van der Waals surface area contributed by atoms with Crippen molar-refractivity contribution in [2.24, 2.45) is 0 Å². The average Bonchev–Trinajstić information content (AvgIpc) is 2.90. The molecule has 0 spiro atoms. The van der Waals surface area contributed by atoms with Crippen LogP contribution in [-0.4, -0.2) is 24.7 Å². The van der Waals surface area contributed by atoms with E-state index in [9.17, 15) is 8.42 Å². The summed E-state index contributed by atoms with van der Waals surface area (Å²) in [7, 11) is -3.42. The average molecular weight is 321 g/mol. The van der Waals surface area contributed by atoms with Crippen LogP contribution in [0.25, 0.3) is 0 Å². The number of nitrogens with one attached hydrogen (secondary N) is 1. The van der Waals surface area contributed by atoms with Gasteiger partial charge in [0, 0.05) is 25.0 Å². The Morgan fingerprint density at radius 3 is 2.50 bits per heavy atom. The van der Waals surface area contributed by atoms with E-state index in [1.54, 1.807) is 18.3 Å². The molecule has 0 aliphatic rings. The Balaban J connectivity index is 1.86. The largest absolute Gasteiger partial charge is 0.270 e. The van der Waals surface area contributed by atoms with E-state index in [2.05, 4.69) is 16.7 Å². The molecule has 5 nitrogen and oxygen atoms in total. The fraction of sp³-hybridized carbons (Fsp3) is 0.438. The molecule has 1 aromatic carbocycles. The van der Waals surface area contributed by atoms with Crippen molar-refractivity contribution in [2.75, 3.05) is 6.54 Å². The number of hydrogen-bond donors (Lipinski definition) is 1. The molecule has 2 rings (SSSR count). The molecule has 1 heterocycles. The molecule has 1 aromatic heterocycles. The quantitative estimate of drug-likeness (QED) is 0.760. The van der Waals surface area contributed by atoms with Crippen molar-refractivity contribution in [1.29, 1.82) is 0 Å². The van der Waals surface area contributed by atoms with Gasteiger partial charge in [-0.1, -0.05) is 25.5 Å². The summed E-state index contributed by atoms with van der Waals surface area (Å²) in [6, 6.07) is 9.04. The van der Waals surface area contributed by atoms with Crippen molar-refractivity contribution in [3.8, 4) is 0 Å². The Morgan fingerprint density at radius 1 is 1.18 bits per heavy atom. The highest BCUT2D eigenvalue weighted by molar-refractivity contribution is 7.89. The zero-order valence-corrected chi connectivity index (χ0v) is 13.9. The lowest BCUT2D eigenvalue weighted by atomic mass is 10.1. The summed E-state index contributed by atoms with van der Waals surface area (Å²) in [5.41, 5.74) is 2.24.